The Morgan fingerprint density at radius 2 is 2.00 bits per heavy atom. The molecule has 0 bridgehead atoms. The Morgan fingerprint density at radius 3 is 2.74 bits per heavy atom. The summed E-state index contributed by atoms with van der Waals surface area (Å²) in [6.45, 7) is 2.39. The van der Waals surface area contributed by atoms with Crippen LogP contribution >= 0.6 is 23.4 Å². The molecule has 1 heterocycles. The van der Waals surface area contributed by atoms with Crippen molar-refractivity contribution in [3.63, 3.8) is 0 Å². The summed E-state index contributed by atoms with van der Waals surface area (Å²) in [5.74, 6) is -0.0350. The van der Waals surface area contributed by atoms with Gasteiger partial charge in [-0.2, -0.15) is 0 Å². The molecule has 6 heteroatoms. The molecule has 3 nitrogen and oxygen atoms in total. The van der Waals surface area contributed by atoms with Crippen molar-refractivity contribution >= 4 is 34.3 Å². The van der Waals surface area contributed by atoms with E-state index in [0.29, 0.717) is 38.9 Å². The Labute approximate surface area is 142 Å². The third-order valence-corrected chi connectivity index (χ3v) is 4.91. The molecule has 0 aliphatic heterocycles. The first kappa shape index (κ1) is 16.0. The normalized spacial score (nSPS) is 11.1. The molecule has 0 aliphatic carbocycles. The zero-order chi connectivity index (χ0) is 16.4. The van der Waals surface area contributed by atoms with Crippen LogP contribution < -0.4 is 5.56 Å². The molecule has 118 valence electrons. The van der Waals surface area contributed by atoms with Gasteiger partial charge in [-0.25, -0.2) is 9.37 Å². The molecule has 0 atom stereocenters. The van der Waals surface area contributed by atoms with Crippen LogP contribution in [0.25, 0.3) is 10.9 Å². The van der Waals surface area contributed by atoms with Crippen LogP contribution in [0.1, 0.15) is 12.5 Å². The lowest BCUT2D eigenvalue weighted by atomic mass is 10.2. The zero-order valence-electron chi connectivity index (χ0n) is 12.4. The van der Waals surface area contributed by atoms with Gasteiger partial charge in [0, 0.05) is 22.9 Å². The number of aromatic nitrogens is 2. The lowest BCUT2D eigenvalue weighted by Crippen LogP contribution is -2.22. The number of rotatable bonds is 4. The van der Waals surface area contributed by atoms with Gasteiger partial charge in [-0.05, 0) is 31.2 Å². The van der Waals surface area contributed by atoms with E-state index >= 15 is 0 Å². The third-order valence-electron chi connectivity index (χ3n) is 3.55. The molecular formula is C17H14ClFN2OS. The molecule has 23 heavy (non-hydrogen) atoms. The van der Waals surface area contributed by atoms with E-state index in [1.165, 1.54) is 17.8 Å². The van der Waals surface area contributed by atoms with Crippen LogP contribution in [0.3, 0.4) is 0 Å². The van der Waals surface area contributed by atoms with E-state index in [1.54, 1.807) is 28.8 Å². The van der Waals surface area contributed by atoms with Gasteiger partial charge in [0.1, 0.15) is 5.82 Å². The van der Waals surface area contributed by atoms with Crippen molar-refractivity contribution < 1.29 is 4.39 Å². The molecule has 0 unspecified atom stereocenters. The topological polar surface area (TPSA) is 34.9 Å². The average Bonchev–Trinajstić information content (AvgIpc) is 2.55. The van der Waals surface area contributed by atoms with E-state index in [-0.39, 0.29) is 11.4 Å². The Balaban J connectivity index is 2.01. The number of thioether (sulfide) groups is 1. The van der Waals surface area contributed by atoms with Gasteiger partial charge in [0.05, 0.1) is 10.9 Å². The molecule has 3 rings (SSSR count). The summed E-state index contributed by atoms with van der Waals surface area (Å²) in [5, 5.41) is 1.53. The highest BCUT2D eigenvalue weighted by atomic mass is 35.5. The van der Waals surface area contributed by atoms with Crippen LogP contribution in [0.5, 0.6) is 0 Å². The highest BCUT2D eigenvalue weighted by Gasteiger charge is 2.13. The minimum absolute atomic E-state index is 0.0831. The van der Waals surface area contributed by atoms with Gasteiger partial charge in [-0.3, -0.25) is 9.36 Å². The second kappa shape index (κ2) is 6.72. The third kappa shape index (κ3) is 3.12. The number of halogens is 2. The van der Waals surface area contributed by atoms with E-state index < -0.39 is 0 Å². The molecule has 0 saturated heterocycles. The van der Waals surface area contributed by atoms with Crippen molar-refractivity contribution in [2.45, 2.75) is 24.4 Å². The smallest absolute Gasteiger partial charge is 0.262 e. The highest BCUT2D eigenvalue weighted by molar-refractivity contribution is 7.98. The first-order valence-corrected chi connectivity index (χ1v) is 8.53. The number of nitrogens with zero attached hydrogens (tertiary/aromatic N) is 2. The predicted octanol–water partition coefficient (Wildman–Crippen LogP) is 4.50. The summed E-state index contributed by atoms with van der Waals surface area (Å²) in [7, 11) is 0. The largest absolute Gasteiger partial charge is 0.287 e. The molecule has 2 aromatic carbocycles. The second-order valence-corrected chi connectivity index (χ2v) is 6.30. The van der Waals surface area contributed by atoms with Crippen LogP contribution in [0.15, 0.2) is 52.4 Å². The highest BCUT2D eigenvalue weighted by Crippen LogP contribution is 2.27. The number of hydrogen-bond donors (Lipinski definition) is 0. The van der Waals surface area contributed by atoms with Gasteiger partial charge in [0.15, 0.2) is 5.16 Å². The predicted molar refractivity (Wildman–Crippen MR) is 92.6 cm³/mol. The summed E-state index contributed by atoms with van der Waals surface area (Å²) in [4.78, 5) is 17.1. The van der Waals surface area contributed by atoms with Gasteiger partial charge in [0.2, 0.25) is 0 Å². The molecule has 0 radical (unpaired) electrons. The number of hydrogen-bond acceptors (Lipinski definition) is 3. The molecule has 0 amide bonds. The van der Waals surface area contributed by atoms with Crippen LogP contribution in [0, 0.1) is 5.82 Å². The van der Waals surface area contributed by atoms with E-state index in [0.717, 1.165) is 0 Å². The summed E-state index contributed by atoms with van der Waals surface area (Å²) in [5.41, 5.74) is 0.980. The molecule has 0 aliphatic rings. The standard InChI is InChI=1S/C17H14ClFN2OS/c1-2-21-16(22)11-6-3-4-9-15(11)20-17(21)23-10-12-13(18)7-5-8-14(12)19/h3-9H,2,10H2,1H3. The Bertz CT molecular complexity index is 906. The maximum absolute atomic E-state index is 13.9. The molecule has 0 fully saturated rings. The zero-order valence-corrected chi connectivity index (χ0v) is 14.0. The Hall–Kier alpha value is -1.85. The van der Waals surface area contributed by atoms with Crippen molar-refractivity contribution in [2.24, 2.45) is 0 Å². The fraction of sp³-hybridized carbons (Fsp3) is 0.176. The molecule has 3 aromatic rings. The van der Waals surface area contributed by atoms with E-state index in [2.05, 4.69) is 4.98 Å². The van der Waals surface area contributed by atoms with Gasteiger partial charge in [0.25, 0.3) is 5.56 Å². The quantitative estimate of drug-likeness (QED) is 0.514. The fourth-order valence-electron chi connectivity index (χ4n) is 2.34. The summed E-state index contributed by atoms with van der Waals surface area (Å²) in [6, 6.07) is 11.8. The second-order valence-electron chi connectivity index (χ2n) is 4.95. The van der Waals surface area contributed by atoms with Crippen molar-refractivity contribution in [1.82, 2.24) is 9.55 Å². The SMILES string of the molecule is CCn1c(SCc2c(F)cccc2Cl)nc2ccccc2c1=O. The molecule has 0 spiro atoms. The van der Waals surface area contributed by atoms with Gasteiger partial charge >= 0.3 is 0 Å². The summed E-state index contributed by atoms with van der Waals surface area (Å²) >= 11 is 7.36. The lowest BCUT2D eigenvalue weighted by Gasteiger charge is -2.12. The Kier molecular flexibility index (Phi) is 4.68. The van der Waals surface area contributed by atoms with E-state index in [4.69, 9.17) is 11.6 Å². The maximum Gasteiger partial charge on any atom is 0.262 e. The minimum Gasteiger partial charge on any atom is -0.287 e. The summed E-state index contributed by atoms with van der Waals surface area (Å²) in [6.07, 6.45) is 0. The first-order chi connectivity index (χ1) is 11.1. The van der Waals surface area contributed by atoms with Crippen LogP contribution in [-0.2, 0) is 12.3 Å². The monoisotopic (exact) mass is 348 g/mol. The molecular weight excluding hydrogens is 335 g/mol. The molecule has 1 aromatic heterocycles. The molecule has 0 N–H and O–H groups in total. The Morgan fingerprint density at radius 1 is 1.22 bits per heavy atom. The fourth-order valence-corrected chi connectivity index (χ4v) is 3.75. The van der Waals surface area contributed by atoms with Gasteiger partial charge in [-0.1, -0.05) is 41.6 Å². The van der Waals surface area contributed by atoms with Crippen molar-refractivity contribution in [1.29, 1.82) is 0 Å². The number of para-hydroxylation sites is 1. The first-order valence-electron chi connectivity index (χ1n) is 7.17. The minimum atomic E-state index is -0.351. The molecule has 0 saturated carbocycles. The van der Waals surface area contributed by atoms with Gasteiger partial charge < -0.3 is 0 Å². The number of fused-ring (bicyclic) bond motifs is 1. The van der Waals surface area contributed by atoms with E-state index in [9.17, 15) is 9.18 Å². The van der Waals surface area contributed by atoms with E-state index in [1.807, 2.05) is 19.1 Å². The van der Waals surface area contributed by atoms with Crippen LogP contribution in [0.2, 0.25) is 5.02 Å². The van der Waals surface area contributed by atoms with Crippen molar-refractivity contribution in [3.05, 3.63) is 69.2 Å². The lowest BCUT2D eigenvalue weighted by molar-refractivity contribution is 0.616. The van der Waals surface area contributed by atoms with Crippen LogP contribution in [-0.4, -0.2) is 9.55 Å². The van der Waals surface area contributed by atoms with Crippen molar-refractivity contribution in [2.75, 3.05) is 0 Å². The maximum atomic E-state index is 13.9. The van der Waals surface area contributed by atoms with Crippen LogP contribution in [0.4, 0.5) is 4.39 Å². The van der Waals surface area contributed by atoms with Crippen molar-refractivity contribution in [3.8, 4) is 0 Å². The summed E-state index contributed by atoms with van der Waals surface area (Å²) < 4.78 is 15.5. The number of benzene rings is 2. The van der Waals surface area contributed by atoms with Gasteiger partial charge in [-0.15, -0.1) is 0 Å². The average molecular weight is 349 g/mol.